The van der Waals surface area contributed by atoms with E-state index in [9.17, 15) is 0 Å². The minimum absolute atomic E-state index is 0.156. The number of aryl methyl sites for hydroxylation is 3. The molecule has 9 rings (SSSR count). The maximum atomic E-state index is 6.80. The molecule has 186 valence electrons. The van der Waals surface area contributed by atoms with E-state index in [4.69, 9.17) is 4.42 Å². The van der Waals surface area contributed by atoms with E-state index in [-0.39, 0.29) is 5.54 Å². The normalized spacial score (nSPS) is 23.6. The fourth-order valence-corrected chi connectivity index (χ4v) is 8.50. The van der Waals surface area contributed by atoms with Gasteiger partial charge in [-0.15, -0.1) is 0 Å². The monoisotopic (exact) mass is 496 g/mol. The zero-order valence-corrected chi connectivity index (χ0v) is 22.3. The van der Waals surface area contributed by atoms with E-state index in [1.165, 1.54) is 74.3 Å². The first-order valence-electron chi connectivity index (χ1n) is 14.3. The van der Waals surface area contributed by atoms with Crippen molar-refractivity contribution in [2.45, 2.75) is 69.9 Å². The summed E-state index contributed by atoms with van der Waals surface area (Å²) in [6, 6.07) is 23.4. The van der Waals surface area contributed by atoms with E-state index in [1.807, 2.05) is 0 Å². The molecule has 1 saturated carbocycles. The van der Waals surface area contributed by atoms with Gasteiger partial charge < -0.3 is 4.42 Å². The predicted octanol–water partition coefficient (Wildman–Crippen LogP) is 7.06. The second-order valence-corrected chi connectivity index (χ2v) is 12.2. The number of nitrogens with zero attached hydrogens (tertiary/aromatic N) is 2. The van der Waals surface area contributed by atoms with Crippen LogP contribution in [0.4, 0.5) is 0 Å². The van der Waals surface area contributed by atoms with Crippen LogP contribution in [0.5, 0.6) is 0 Å². The Kier molecular flexibility index (Phi) is 3.92. The van der Waals surface area contributed by atoms with Gasteiger partial charge in [0.2, 0.25) is 17.4 Å². The summed E-state index contributed by atoms with van der Waals surface area (Å²) in [5, 5.41) is 1.34. The van der Waals surface area contributed by atoms with Crippen LogP contribution in [0.3, 0.4) is 0 Å². The van der Waals surface area contributed by atoms with E-state index in [2.05, 4.69) is 103 Å². The highest BCUT2D eigenvalue weighted by Crippen LogP contribution is 2.71. The minimum Gasteiger partial charge on any atom is -0.460 e. The van der Waals surface area contributed by atoms with E-state index >= 15 is 0 Å². The molecule has 3 aromatic heterocycles. The number of hydrogen-bond acceptors (Lipinski definition) is 1. The molecule has 0 saturated heterocycles. The van der Waals surface area contributed by atoms with Crippen molar-refractivity contribution in [3.05, 3.63) is 107 Å². The van der Waals surface area contributed by atoms with Crippen molar-refractivity contribution in [1.82, 2.24) is 0 Å². The van der Waals surface area contributed by atoms with Crippen LogP contribution in [-0.4, -0.2) is 0 Å². The molecule has 2 aliphatic carbocycles. The zero-order valence-electron chi connectivity index (χ0n) is 22.3. The maximum absolute atomic E-state index is 6.80. The number of fused-ring (bicyclic) bond motifs is 17. The summed E-state index contributed by atoms with van der Waals surface area (Å²) in [4.78, 5) is 0. The number of hydrogen-bond donors (Lipinski definition) is 0. The summed E-state index contributed by atoms with van der Waals surface area (Å²) in [6.07, 6.45) is 9.50. The topological polar surface area (TPSA) is 20.9 Å². The lowest BCUT2D eigenvalue weighted by Gasteiger charge is -2.12. The standard InChI is InChI=1S/C35H32N2O/c1-20(2)26-19-37-29(18-21(26)3)31-27(16-15-25-23-11-6-7-14-30(23)38-33(25)31)35(37)32-24-12-5-4-10-22(24)28-13-8-9-17-36(28)34(32)35/h4-5,8-10,12-13,15-20,32,34H,6-7,11,14H2,1-3H3/q+2. The molecule has 5 aromatic rings. The quantitative estimate of drug-likeness (QED) is 0.228. The van der Waals surface area contributed by atoms with Gasteiger partial charge in [-0.3, -0.25) is 0 Å². The SMILES string of the molecule is Cc1cc2[n+](cc1C(C)C)C1(c3ccc4c5c(oc4c3-2)CCCC5)C2c3ccccc3-c3cccc[n+]3C21. The summed E-state index contributed by atoms with van der Waals surface area (Å²) in [6.45, 7) is 6.93. The van der Waals surface area contributed by atoms with Gasteiger partial charge in [0.05, 0.1) is 11.1 Å². The largest absolute Gasteiger partial charge is 0.460 e. The first-order valence-corrected chi connectivity index (χ1v) is 14.3. The first kappa shape index (κ1) is 21.2. The van der Waals surface area contributed by atoms with Crippen molar-refractivity contribution < 1.29 is 13.6 Å². The van der Waals surface area contributed by atoms with Crippen molar-refractivity contribution in [3.8, 4) is 22.5 Å². The molecule has 3 atom stereocenters. The summed E-state index contributed by atoms with van der Waals surface area (Å²) < 4.78 is 12.0. The molecule has 2 aromatic carbocycles. The number of rotatable bonds is 1. The van der Waals surface area contributed by atoms with Gasteiger partial charge >= 0.3 is 0 Å². The van der Waals surface area contributed by atoms with Gasteiger partial charge in [-0.05, 0) is 55.4 Å². The molecule has 0 radical (unpaired) electrons. The fraction of sp³-hybridized carbons (Fsp3) is 0.314. The van der Waals surface area contributed by atoms with Crippen LogP contribution in [0.1, 0.15) is 78.1 Å². The van der Waals surface area contributed by atoms with Crippen molar-refractivity contribution in [3.63, 3.8) is 0 Å². The lowest BCUT2D eigenvalue weighted by atomic mass is 9.91. The zero-order chi connectivity index (χ0) is 25.3. The molecule has 5 heterocycles. The average molecular weight is 497 g/mol. The summed E-state index contributed by atoms with van der Waals surface area (Å²) in [7, 11) is 0. The van der Waals surface area contributed by atoms with Crippen molar-refractivity contribution in [1.29, 1.82) is 0 Å². The molecule has 38 heavy (non-hydrogen) atoms. The molecule has 0 N–H and O–H groups in total. The molecule has 0 amide bonds. The van der Waals surface area contributed by atoms with Gasteiger partial charge in [0.25, 0.3) is 5.54 Å². The summed E-state index contributed by atoms with van der Waals surface area (Å²) in [5.74, 6) is 2.08. The molecule has 1 spiro atoms. The Bertz CT molecular complexity index is 1790. The lowest BCUT2D eigenvalue weighted by molar-refractivity contribution is -0.772. The third-order valence-electron chi connectivity index (χ3n) is 10.1. The molecule has 4 aliphatic rings. The minimum atomic E-state index is -0.156. The Morgan fingerprint density at radius 2 is 1.79 bits per heavy atom. The number of aromatic nitrogens is 2. The molecule has 3 unspecified atom stereocenters. The van der Waals surface area contributed by atoms with Crippen LogP contribution in [-0.2, 0) is 18.4 Å². The van der Waals surface area contributed by atoms with Crippen LogP contribution in [0, 0.1) is 6.92 Å². The summed E-state index contributed by atoms with van der Waals surface area (Å²) in [5.41, 5.74) is 13.5. The van der Waals surface area contributed by atoms with Crippen LogP contribution in [0.15, 0.2) is 77.5 Å². The van der Waals surface area contributed by atoms with Gasteiger partial charge in [0.1, 0.15) is 17.3 Å². The lowest BCUT2D eigenvalue weighted by Crippen LogP contribution is -2.51. The Morgan fingerprint density at radius 1 is 0.947 bits per heavy atom. The molecular weight excluding hydrogens is 464 g/mol. The third kappa shape index (κ3) is 2.34. The van der Waals surface area contributed by atoms with Crippen molar-refractivity contribution in [2.24, 2.45) is 0 Å². The Labute approximate surface area is 223 Å². The number of furan rings is 1. The number of pyridine rings is 2. The van der Waals surface area contributed by atoms with Crippen LogP contribution < -0.4 is 9.13 Å². The predicted molar refractivity (Wildman–Crippen MR) is 148 cm³/mol. The average Bonchev–Trinajstić information content (AvgIpc) is 3.38. The molecular formula is C35H32N2O+2. The van der Waals surface area contributed by atoms with Gasteiger partial charge in [-0.1, -0.05) is 44.2 Å². The highest BCUT2D eigenvalue weighted by atomic mass is 16.3. The molecule has 1 fully saturated rings. The van der Waals surface area contributed by atoms with Gasteiger partial charge in [-0.2, -0.15) is 9.13 Å². The Hall–Kier alpha value is -3.72. The molecule has 3 nitrogen and oxygen atoms in total. The Balaban J connectivity index is 1.41. The van der Waals surface area contributed by atoms with E-state index < -0.39 is 0 Å². The van der Waals surface area contributed by atoms with Crippen LogP contribution >= 0.6 is 0 Å². The molecule has 0 bridgehead atoms. The molecule has 2 aliphatic heterocycles. The Morgan fingerprint density at radius 3 is 2.68 bits per heavy atom. The maximum Gasteiger partial charge on any atom is 0.269 e. The van der Waals surface area contributed by atoms with Gasteiger partial charge in [-0.25, -0.2) is 0 Å². The van der Waals surface area contributed by atoms with E-state index in [1.54, 1.807) is 0 Å². The third-order valence-corrected chi connectivity index (χ3v) is 10.1. The van der Waals surface area contributed by atoms with Crippen LogP contribution in [0.2, 0.25) is 0 Å². The first-order chi connectivity index (χ1) is 18.6. The number of benzene rings is 2. The van der Waals surface area contributed by atoms with Gasteiger partial charge in [0, 0.05) is 46.7 Å². The second-order valence-electron chi connectivity index (χ2n) is 12.2. The van der Waals surface area contributed by atoms with E-state index in [0.717, 1.165) is 18.4 Å². The van der Waals surface area contributed by atoms with Crippen molar-refractivity contribution in [2.75, 3.05) is 0 Å². The smallest absolute Gasteiger partial charge is 0.269 e. The molecule has 3 heteroatoms. The van der Waals surface area contributed by atoms with Gasteiger partial charge in [0.15, 0.2) is 12.4 Å². The van der Waals surface area contributed by atoms with Crippen LogP contribution in [0.25, 0.3) is 33.5 Å². The highest BCUT2D eigenvalue weighted by Gasteiger charge is 2.86. The second kappa shape index (κ2) is 7.02. The highest BCUT2D eigenvalue weighted by molar-refractivity contribution is 5.97. The summed E-state index contributed by atoms with van der Waals surface area (Å²) >= 11 is 0. The van der Waals surface area contributed by atoms with Crippen molar-refractivity contribution >= 4 is 11.0 Å². The fourth-order valence-electron chi connectivity index (χ4n) is 8.50. The van der Waals surface area contributed by atoms with E-state index in [0.29, 0.717) is 17.9 Å².